The molecule has 0 amide bonds. The van der Waals surface area contributed by atoms with Crippen LogP contribution < -0.4 is 0 Å². The van der Waals surface area contributed by atoms with Gasteiger partial charge >= 0.3 is 5.97 Å². The normalized spacial score (nSPS) is 28.9. The minimum Gasteiger partial charge on any atom is -0.481 e. The van der Waals surface area contributed by atoms with Crippen molar-refractivity contribution in [2.75, 3.05) is 0 Å². The Bertz CT molecular complexity index is 417. The highest BCUT2D eigenvalue weighted by Gasteiger charge is 2.36. The van der Waals surface area contributed by atoms with Gasteiger partial charge in [0.2, 0.25) is 0 Å². The van der Waals surface area contributed by atoms with Crippen LogP contribution in [0.25, 0.3) is 0 Å². The quantitative estimate of drug-likeness (QED) is 0.826. The van der Waals surface area contributed by atoms with Crippen molar-refractivity contribution in [3.63, 3.8) is 0 Å². The zero-order valence-electron chi connectivity index (χ0n) is 10.0. The number of carbonyl (C=O) groups is 1. The second-order valence-electron chi connectivity index (χ2n) is 5.01. The third kappa shape index (κ3) is 2.50. The van der Waals surface area contributed by atoms with Gasteiger partial charge in [0.15, 0.2) is 0 Å². The van der Waals surface area contributed by atoms with Gasteiger partial charge in [0.1, 0.15) is 0 Å². The van der Waals surface area contributed by atoms with Crippen molar-refractivity contribution in [1.82, 2.24) is 0 Å². The number of hydrogen-bond acceptors (Lipinski definition) is 2. The lowest BCUT2D eigenvalue weighted by Gasteiger charge is -2.35. The van der Waals surface area contributed by atoms with Crippen LogP contribution in [0.5, 0.6) is 0 Å². The summed E-state index contributed by atoms with van der Waals surface area (Å²) < 4.78 is 0. The van der Waals surface area contributed by atoms with E-state index in [9.17, 15) is 9.90 Å². The number of aryl methyl sites for hydroxylation is 1. The molecule has 92 valence electrons. The highest BCUT2D eigenvalue weighted by atomic mass is 16.4. The van der Waals surface area contributed by atoms with Gasteiger partial charge < -0.3 is 10.2 Å². The van der Waals surface area contributed by atoms with Crippen molar-refractivity contribution in [3.8, 4) is 0 Å². The maximum atomic E-state index is 10.9. The summed E-state index contributed by atoms with van der Waals surface area (Å²) in [6.07, 6.45) is 2.18. The largest absolute Gasteiger partial charge is 0.481 e. The highest BCUT2D eigenvalue weighted by Crippen LogP contribution is 2.39. The minimum absolute atomic E-state index is 0.292. The molecule has 0 radical (unpaired) electrons. The van der Waals surface area contributed by atoms with E-state index in [2.05, 4.69) is 0 Å². The summed E-state index contributed by atoms with van der Waals surface area (Å²) in [7, 11) is 0. The average Bonchev–Trinajstić information content (AvgIpc) is 2.29. The van der Waals surface area contributed by atoms with Gasteiger partial charge in [0, 0.05) is 0 Å². The number of benzene rings is 1. The number of hydrogen-bond donors (Lipinski definition) is 2. The van der Waals surface area contributed by atoms with Gasteiger partial charge in [-0.15, -0.1) is 0 Å². The summed E-state index contributed by atoms with van der Waals surface area (Å²) in [6.45, 7) is 2.00. The summed E-state index contributed by atoms with van der Waals surface area (Å²) in [5.74, 6) is -1.03. The summed E-state index contributed by atoms with van der Waals surface area (Å²) in [5.41, 5.74) is 1.20. The van der Waals surface area contributed by atoms with Crippen molar-refractivity contribution in [2.24, 2.45) is 5.92 Å². The second kappa shape index (κ2) is 4.49. The van der Waals surface area contributed by atoms with Gasteiger partial charge in [-0.05, 0) is 38.2 Å². The molecule has 0 aliphatic heterocycles. The molecule has 0 aromatic heterocycles. The first kappa shape index (κ1) is 12.1. The zero-order chi connectivity index (χ0) is 12.5. The van der Waals surface area contributed by atoms with Gasteiger partial charge in [-0.25, -0.2) is 0 Å². The Morgan fingerprint density at radius 2 is 2.00 bits per heavy atom. The Morgan fingerprint density at radius 3 is 2.53 bits per heavy atom. The standard InChI is InChI=1S/C14H18O3/c1-10-3-2-4-12(9-10)14(17)7-5-11(6-8-14)13(15)16/h2-4,9,11,17H,5-8H2,1H3,(H,15,16). The average molecular weight is 234 g/mol. The maximum Gasteiger partial charge on any atom is 0.306 e. The van der Waals surface area contributed by atoms with Crippen molar-refractivity contribution in [3.05, 3.63) is 35.4 Å². The van der Waals surface area contributed by atoms with Crippen LogP contribution in [-0.2, 0) is 10.4 Å². The van der Waals surface area contributed by atoms with Crippen LogP contribution in [0.4, 0.5) is 0 Å². The Hall–Kier alpha value is -1.35. The topological polar surface area (TPSA) is 57.5 Å². The lowest BCUT2D eigenvalue weighted by atomic mass is 9.75. The van der Waals surface area contributed by atoms with Crippen molar-refractivity contribution in [1.29, 1.82) is 0 Å². The number of aliphatic carboxylic acids is 1. The molecule has 0 heterocycles. The summed E-state index contributed by atoms with van der Waals surface area (Å²) >= 11 is 0. The lowest BCUT2D eigenvalue weighted by Crippen LogP contribution is -2.33. The van der Waals surface area contributed by atoms with Gasteiger partial charge in [-0.3, -0.25) is 4.79 Å². The molecule has 3 heteroatoms. The molecule has 1 aromatic rings. The van der Waals surface area contributed by atoms with Gasteiger partial charge in [-0.1, -0.05) is 29.8 Å². The van der Waals surface area contributed by atoms with Crippen molar-refractivity contribution in [2.45, 2.75) is 38.2 Å². The first-order valence-corrected chi connectivity index (χ1v) is 6.03. The van der Waals surface area contributed by atoms with Crippen molar-refractivity contribution >= 4 is 5.97 Å². The van der Waals surface area contributed by atoms with E-state index in [1.54, 1.807) is 0 Å². The molecule has 3 nitrogen and oxygen atoms in total. The monoisotopic (exact) mass is 234 g/mol. The molecule has 0 unspecified atom stereocenters. The predicted octanol–water partition coefficient (Wildman–Crippen LogP) is 2.46. The fraction of sp³-hybridized carbons (Fsp3) is 0.500. The fourth-order valence-electron chi connectivity index (χ4n) is 2.57. The van der Waals surface area contributed by atoms with Crippen LogP contribution in [0.1, 0.15) is 36.8 Å². The van der Waals surface area contributed by atoms with Gasteiger partial charge in [0.25, 0.3) is 0 Å². The van der Waals surface area contributed by atoms with Crippen LogP contribution in [0, 0.1) is 12.8 Å². The van der Waals surface area contributed by atoms with E-state index in [1.165, 1.54) is 0 Å². The molecule has 2 rings (SSSR count). The Kier molecular flexibility index (Phi) is 3.20. The second-order valence-corrected chi connectivity index (χ2v) is 5.01. The third-order valence-corrected chi connectivity index (χ3v) is 3.72. The molecule has 1 aliphatic rings. The van der Waals surface area contributed by atoms with Crippen molar-refractivity contribution < 1.29 is 15.0 Å². The Balaban J connectivity index is 2.14. The smallest absolute Gasteiger partial charge is 0.306 e. The van der Waals surface area contributed by atoms with E-state index in [4.69, 9.17) is 5.11 Å². The zero-order valence-corrected chi connectivity index (χ0v) is 10.0. The molecule has 1 aliphatic carbocycles. The van der Waals surface area contributed by atoms with Gasteiger partial charge in [-0.2, -0.15) is 0 Å². The third-order valence-electron chi connectivity index (χ3n) is 3.72. The predicted molar refractivity (Wildman–Crippen MR) is 64.7 cm³/mol. The molecule has 0 bridgehead atoms. The maximum absolute atomic E-state index is 10.9. The SMILES string of the molecule is Cc1cccc(C2(O)CCC(C(=O)O)CC2)c1. The molecule has 2 N–H and O–H groups in total. The first-order chi connectivity index (χ1) is 8.01. The van der Waals surface area contributed by atoms with Crippen LogP contribution in [0.2, 0.25) is 0 Å². The number of carboxylic acid groups (broad SMARTS) is 1. The van der Waals surface area contributed by atoms with E-state index < -0.39 is 11.6 Å². The summed E-state index contributed by atoms with van der Waals surface area (Å²) in [5, 5.41) is 19.5. The molecular weight excluding hydrogens is 216 g/mol. The van der Waals surface area contributed by atoms with Crippen LogP contribution in [0.15, 0.2) is 24.3 Å². The van der Waals surface area contributed by atoms with Crippen LogP contribution >= 0.6 is 0 Å². The highest BCUT2D eigenvalue weighted by molar-refractivity contribution is 5.70. The summed E-state index contributed by atoms with van der Waals surface area (Å²) in [4.78, 5) is 10.9. The number of aliphatic hydroxyl groups is 1. The fourth-order valence-corrected chi connectivity index (χ4v) is 2.57. The summed E-state index contributed by atoms with van der Waals surface area (Å²) in [6, 6.07) is 7.84. The minimum atomic E-state index is -0.835. The van der Waals surface area contributed by atoms with Gasteiger partial charge in [0.05, 0.1) is 11.5 Å². The number of rotatable bonds is 2. The molecule has 1 saturated carbocycles. The van der Waals surface area contributed by atoms with Crippen LogP contribution in [0.3, 0.4) is 0 Å². The van der Waals surface area contributed by atoms with E-state index in [0.29, 0.717) is 25.7 Å². The molecule has 0 saturated heterocycles. The molecular formula is C14H18O3. The number of carboxylic acids is 1. The van der Waals surface area contributed by atoms with E-state index in [-0.39, 0.29) is 5.92 Å². The molecule has 1 fully saturated rings. The molecule has 0 spiro atoms. The lowest BCUT2D eigenvalue weighted by molar-refractivity contribution is -0.145. The molecule has 17 heavy (non-hydrogen) atoms. The van der Waals surface area contributed by atoms with E-state index in [1.807, 2.05) is 31.2 Å². The first-order valence-electron chi connectivity index (χ1n) is 6.03. The molecule has 1 aromatic carbocycles. The Labute approximate surface area is 101 Å². The van der Waals surface area contributed by atoms with E-state index >= 15 is 0 Å². The van der Waals surface area contributed by atoms with E-state index in [0.717, 1.165) is 11.1 Å². The molecule has 0 atom stereocenters. The Morgan fingerprint density at radius 1 is 1.35 bits per heavy atom. The van der Waals surface area contributed by atoms with Crippen LogP contribution in [-0.4, -0.2) is 16.2 Å².